The van der Waals surface area contributed by atoms with Crippen molar-refractivity contribution in [2.75, 3.05) is 0 Å². The fourth-order valence-electron chi connectivity index (χ4n) is 3.49. The molecule has 2 atom stereocenters. The van der Waals surface area contributed by atoms with Crippen LogP contribution < -0.4 is 9.47 Å². The normalized spacial score (nSPS) is 12.2. The molecule has 2 nitrogen and oxygen atoms in total. The van der Waals surface area contributed by atoms with Crippen molar-refractivity contribution in [3.63, 3.8) is 0 Å². The van der Waals surface area contributed by atoms with Gasteiger partial charge in [-0.1, -0.05) is 64.2 Å². The first kappa shape index (κ1) is 26.0. The third-order valence-corrected chi connectivity index (χ3v) is 5.19. The molecule has 0 aliphatic heterocycles. The van der Waals surface area contributed by atoms with Crippen LogP contribution >= 0.6 is 0 Å². The minimum absolute atomic E-state index is 0.158. The van der Waals surface area contributed by atoms with Crippen LogP contribution in [-0.2, 0) is 0 Å². The van der Waals surface area contributed by atoms with E-state index in [1.54, 1.807) is 0 Å². The van der Waals surface area contributed by atoms with Crippen molar-refractivity contribution in [1.82, 2.24) is 0 Å². The van der Waals surface area contributed by atoms with Gasteiger partial charge in [0, 0.05) is 12.1 Å². The smallest absolute Gasteiger partial charge is 0.136 e. The number of unbranched alkanes of at least 4 members (excludes halogenated alkanes) is 6. The number of rotatable bonds is 14. The predicted molar refractivity (Wildman–Crippen MR) is 129 cm³/mol. The average molecular weight is 411 g/mol. The van der Waals surface area contributed by atoms with E-state index in [1.165, 1.54) is 51.4 Å². The highest BCUT2D eigenvalue weighted by atomic mass is 16.5. The van der Waals surface area contributed by atoms with E-state index in [0.29, 0.717) is 0 Å². The van der Waals surface area contributed by atoms with E-state index < -0.39 is 0 Å². The van der Waals surface area contributed by atoms with Gasteiger partial charge in [0.25, 0.3) is 0 Å². The molecule has 0 bridgehead atoms. The highest BCUT2D eigenvalue weighted by molar-refractivity contribution is 5.58. The molecule has 2 unspecified atom stereocenters. The first-order valence-electron chi connectivity index (χ1n) is 11.9. The molecule has 1 rings (SSSR count). The number of ether oxygens (including phenoxy) is 2. The molecule has 2 heteroatoms. The van der Waals surface area contributed by atoms with Crippen LogP contribution in [0.15, 0.2) is 12.1 Å². The molecule has 0 aromatic heterocycles. The summed E-state index contributed by atoms with van der Waals surface area (Å²) >= 11 is 0. The van der Waals surface area contributed by atoms with E-state index >= 15 is 0 Å². The largest absolute Gasteiger partial charge is 0.489 e. The topological polar surface area (TPSA) is 18.5 Å². The third kappa shape index (κ3) is 10.1. The second-order valence-electron chi connectivity index (χ2n) is 8.15. The molecule has 0 radical (unpaired) electrons. The van der Waals surface area contributed by atoms with Gasteiger partial charge < -0.3 is 9.47 Å². The molecule has 0 saturated carbocycles. The summed E-state index contributed by atoms with van der Waals surface area (Å²) < 4.78 is 12.6. The molecule has 0 heterocycles. The maximum Gasteiger partial charge on any atom is 0.136 e. The monoisotopic (exact) mass is 410 g/mol. The first-order chi connectivity index (χ1) is 14.5. The van der Waals surface area contributed by atoms with Gasteiger partial charge in [0.15, 0.2) is 0 Å². The Morgan fingerprint density at radius 2 is 1.07 bits per heavy atom. The Labute approximate surface area is 186 Å². The summed E-state index contributed by atoms with van der Waals surface area (Å²) in [5.74, 6) is 14.1. The van der Waals surface area contributed by atoms with Crippen molar-refractivity contribution >= 4 is 0 Å². The van der Waals surface area contributed by atoms with E-state index in [1.807, 2.05) is 26.0 Å². The van der Waals surface area contributed by atoms with Gasteiger partial charge in [-0.2, -0.15) is 0 Å². The second-order valence-corrected chi connectivity index (χ2v) is 8.15. The first-order valence-corrected chi connectivity index (χ1v) is 11.9. The molecule has 0 aliphatic carbocycles. The van der Waals surface area contributed by atoms with Crippen LogP contribution in [0.4, 0.5) is 0 Å². The Bertz CT molecular complexity index is 663. The lowest BCUT2D eigenvalue weighted by molar-refractivity contribution is 0.199. The van der Waals surface area contributed by atoms with Crippen LogP contribution in [0.5, 0.6) is 11.5 Å². The van der Waals surface area contributed by atoms with Crippen LogP contribution in [-0.4, -0.2) is 12.2 Å². The highest BCUT2D eigenvalue weighted by Gasteiger charge is 2.15. The van der Waals surface area contributed by atoms with E-state index in [-0.39, 0.29) is 12.2 Å². The molecular weight excluding hydrogens is 368 g/mol. The number of hydrogen-bond acceptors (Lipinski definition) is 2. The molecule has 166 valence electrons. The lowest BCUT2D eigenvalue weighted by Crippen LogP contribution is -2.14. The van der Waals surface area contributed by atoms with Crippen molar-refractivity contribution < 1.29 is 9.47 Å². The van der Waals surface area contributed by atoms with Crippen LogP contribution in [0.3, 0.4) is 0 Å². The average Bonchev–Trinajstić information content (AvgIpc) is 2.72. The summed E-state index contributed by atoms with van der Waals surface area (Å²) in [6.45, 7) is 12.5. The van der Waals surface area contributed by atoms with E-state index in [9.17, 15) is 0 Å². The fraction of sp³-hybridized carbons (Fsp3) is 0.643. The molecule has 1 aromatic carbocycles. The lowest BCUT2D eigenvalue weighted by Gasteiger charge is -2.20. The molecule has 1 aromatic rings. The van der Waals surface area contributed by atoms with Gasteiger partial charge in [-0.15, -0.1) is 11.8 Å². The van der Waals surface area contributed by atoms with Gasteiger partial charge in [0.05, 0.1) is 23.3 Å². The number of hydrogen-bond donors (Lipinski definition) is 0. The van der Waals surface area contributed by atoms with Crippen molar-refractivity contribution in [1.29, 1.82) is 0 Å². The molecule has 0 N–H and O–H groups in total. The Kier molecular flexibility index (Phi) is 13.6. The maximum atomic E-state index is 6.29. The minimum Gasteiger partial charge on any atom is -0.489 e. The van der Waals surface area contributed by atoms with Crippen molar-refractivity contribution in [3.8, 4) is 35.2 Å². The van der Waals surface area contributed by atoms with Gasteiger partial charge in [0.1, 0.15) is 11.5 Å². The molecule has 0 saturated heterocycles. The van der Waals surface area contributed by atoms with E-state index in [0.717, 1.165) is 35.5 Å². The Morgan fingerprint density at radius 3 is 1.40 bits per heavy atom. The zero-order chi connectivity index (χ0) is 22.2. The molecule has 30 heavy (non-hydrogen) atoms. The summed E-state index contributed by atoms with van der Waals surface area (Å²) in [5.41, 5.74) is 1.76. The van der Waals surface area contributed by atoms with E-state index in [2.05, 4.69) is 51.4 Å². The summed E-state index contributed by atoms with van der Waals surface area (Å²) in [7, 11) is 0. The SMILES string of the molecule is CC#Cc1cc(OC(C)CCCCCC)c(C#CC)cc1OC(C)CCCCCC. The van der Waals surface area contributed by atoms with Gasteiger partial charge in [-0.25, -0.2) is 0 Å². The van der Waals surface area contributed by atoms with Crippen LogP contribution in [0.25, 0.3) is 0 Å². The Hall–Kier alpha value is -2.06. The molecule has 0 fully saturated rings. The predicted octanol–water partition coefficient (Wildman–Crippen LogP) is 7.90. The zero-order valence-corrected chi connectivity index (χ0v) is 20.2. The van der Waals surface area contributed by atoms with Gasteiger partial charge in [-0.3, -0.25) is 0 Å². The van der Waals surface area contributed by atoms with Gasteiger partial charge >= 0.3 is 0 Å². The van der Waals surface area contributed by atoms with Gasteiger partial charge in [-0.05, 0) is 53.4 Å². The van der Waals surface area contributed by atoms with Crippen molar-refractivity contribution in [2.45, 2.75) is 118 Å². The quantitative estimate of drug-likeness (QED) is 0.229. The Morgan fingerprint density at radius 1 is 0.667 bits per heavy atom. The summed E-state index contributed by atoms with van der Waals surface area (Å²) in [6, 6.07) is 4.02. The molecule has 0 spiro atoms. The zero-order valence-electron chi connectivity index (χ0n) is 20.2. The maximum absolute atomic E-state index is 6.29. The lowest BCUT2D eigenvalue weighted by atomic mass is 10.1. The molecule has 0 amide bonds. The number of benzene rings is 1. The summed E-state index contributed by atoms with van der Waals surface area (Å²) in [4.78, 5) is 0. The molecule has 0 aliphatic rings. The third-order valence-electron chi connectivity index (χ3n) is 5.19. The van der Waals surface area contributed by atoms with Crippen LogP contribution in [0.1, 0.15) is 117 Å². The fourth-order valence-corrected chi connectivity index (χ4v) is 3.49. The van der Waals surface area contributed by atoms with E-state index in [4.69, 9.17) is 9.47 Å². The summed E-state index contributed by atoms with van der Waals surface area (Å²) in [6.07, 6.45) is 12.4. The van der Waals surface area contributed by atoms with Crippen LogP contribution in [0.2, 0.25) is 0 Å². The van der Waals surface area contributed by atoms with Gasteiger partial charge in [0.2, 0.25) is 0 Å². The standard InChI is InChI=1S/C28H42O2/c1-7-11-13-15-19-23(5)29-27-21-26(18-10-4)28(22-25(27)17-9-3)30-24(6)20-16-14-12-8-2/h21-24H,7-8,11-16,19-20H2,1-6H3. The van der Waals surface area contributed by atoms with Crippen molar-refractivity contribution in [2.24, 2.45) is 0 Å². The highest BCUT2D eigenvalue weighted by Crippen LogP contribution is 2.31. The van der Waals surface area contributed by atoms with Crippen molar-refractivity contribution in [3.05, 3.63) is 23.3 Å². The second kappa shape index (κ2) is 15.7. The summed E-state index contributed by atoms with van der Waals surface area (Å²) in [5, 5.41) is 0. The Balaban J connectivity index is 2.95. The molecular formula is C28H42O2. The minimum atomic E-state index is 0.158. The van der Waals surface area contributed by atoms with Crippen LogP contribution in [0, 0.1) is 23.7 Å².